The second-order valence-electron chi connectivity index (χ2n) is 14.1. The second kappa shape index (κ2) is 17.1. The lowest BCUT2D eigenvalue weighted by Crippen LogP contribution is -2.53. The van der Waals surface area contributed by atoms with Crippen LogP contribution in [0.25, 0.3) is 0 Å². The number of likely N-dealkylation sites (N-methyl/N-ethyl adjacent to an activating group) is 1. The zero-order chi connectivity index (χ0) is 37.8. The van der Waals surface area contributed by atoms with Gasteiger partial charge in [0.25, 0.3) is 0 Å². The Morgan fingerprint density at radius 2 is 1.96 bits per heavy atom. The number of ether oxygens (including phenoxy) is 4. The minimum atomic E-state index is -1.55. The van der Waals surface area contributed by atoms with Crippen LogP contribution in [-0.2, 0) is 44.5 Å². The summed E-state index contributed by atoms with van der Waals surface area (Å²) < 4.78 is 23.8. The number of aryl methyl sites for hydroxylation is 1. The third kappa shape index (κ3) is 9.52. The zero-order valence-corrected chi connectivity index (χ0v) is 33.3. The van der Waals surface area contributed by atoms with Gasteiger partial charge in [-0.3, -0.25) is 14.4 Å². The minimum absolute atomic E-state index is 0.0793. The molecule has 51 heavy (non-hydrogen) atoms. The Balaban J connectivity index is 1.73. The van der Waals surface area contributed by atoms with Crippen molar-refractivity contribution in [3.63, 3.8) is 0 Å². The molecule has 0 unspecified atom stereocenters. The van der Waals surface area contributed by atoms with Gasteiger partial charge in [0.2, 0.25) is 11.8 Å². The monoisotopic (exact) mass is 766 g/mol. The number of hydrogen-bond donors (Lipinski definition) is 1. The molecule has 1 N–H and O–H groups in total. The zero-order valence-electron chi connectivity index (χ0n) is 30.9. The number of esters is 2. The van der Waals surface area contributed by atoms with Gasteiger partial charge >= 0.3 is 11.9 Å². The molecule has 4 rings (SSSR count). The van der Waals surface area contributed by atoms with E-state index in [2.05, 4.69) is 0 Å². The molecule has 3 aliphatic rings. The van der Waals surface area contributed by atoms with Crippen molar-refractivity contribution in [1.82, 2.24) is 4.90 Å². The maximum Gasteiger partial charge on any atom is 0.328 e. The Bertz CT molecular complexity index is 1560. The fraction of sp³-hybridized carbons (Fsp3) is 0.622. The maximum absolute atomic E-state index is 14.1. The largest absolute Gasteiger partial charge is 0.462 e. The van der Waals surface area contributed by atoms with E-state index in [1.807, 2.05) is 51.3 Å². The van der Waals surface area contributed by atoms with Crippen LogP contribution >= 0.6 is 33.2 Å². The van der Waals surface area contributed by atoms with Crippen molar-refractivity contribution in [2.45, 2.75) is 108 Å². The van der Waals surface area contributed by atoms with Gasteiger partial charge in [0.15, 0.2) is 0 Å². The third-order valence-electron chi connectivity index (χ3n) is 10.3. The van der Waals surface area contributed by atoms with Crippen LogP contribution in [0.15, 0.2) is 35.9 Å². The highest BCUT2D eigenvalue weighted by Crippen LogP contribution is 2.49. The van der Waals surface area contributed by atoms with Gasteiger partial charge in [-0.25, -0.2) is 4.79 Å². The molecule has 0 radical (unpaired) electrons. The quantitative estimate of drug-likeness (QED) is 0.156. The van der Waals surface area contributed by atoms with Crippen LogP contribution in [0, 0.1) is 12.8 Å². The number of rotatable bonds is 8. The van der Waals surface area contributed by atoms with E-state index < -0.39 is 59.5 Å². The highest BCUT2D eigenvalue weighted by atomic mass is 35.5. The van der Waals surface area contributed by atoms with Gasteiger partial charge in [0, 0.05) is 45.7 Å². The molecule has 3 heterocycles. The summed E-state index contributed by atoms with van der Waals surface area (Å²) in [5.74, 6) is -1.69. The van der Waals surface area contributed by atoms with E-state index in [4.69, 9.17) is 30.5 Å². The van der Waals surface area contributed by atoms with Crippen LogP contribution in [0.5, 0.6) is 0 Å². The van der Waals surface area contributed by atoms with Crippen LogP contribution in [0.2, 0.25) is 5.02 Å². The molecule has 3 aliphatic heterocycles. The SMILES string of the molecule is CO[C@@H]1/C=C/C=C(\C)Cc2cc(C)c(Cl)c(c2)N(C)C(=O)C[C@H](OC(=O)[C@H](C)N(C)C(=O)CCSSC)[C@]2(C)O[C@H]2[C@H](C)[C@@H]2C[C@@]1(O)CC(=O)O2. The highest BCUT2D eigenvalue weighted by molar-refractivity contribution is 8.76. The third-order valence-corrected chi connectivity index (χ3v) is 12.6. The predicted molar refractivity (Wildman–Crippen MR) is 201 cm³/mol. The Kier molecular flexibility index (Phi) is 13.8. The molecule has 1 aromatic rings. The van der Waals surface area contributed by atoms with E-state index in [1.165, 1.54) is 16.9 Å². The number of carbonyl (C=O) groups is 4. The van der Waals surface area contributed by atoms with E-state index >= 15 is 0 Å². The van der Waals surface area contributed by atoms with Gasteiger partial charge in [0.1, 0.15) is 35.6 Å². The Morgan fingerprint density at radius 3 is 2.63 bits per heavy atom. The molecular formula is C37H51ClN2O9S2. The maximum atomic E-state index is 14.1. The highest BCUT2D eigenvalue weighted by Gasteiger charge is 2.64. The number of carbonyl (C=O) groups excluding carboxylic acids is 4. The molecule has 0 aromatic heterocycles. The number of anilines is 1. The van der Waals surface area contributed by atoms with Crippen molar-refractivity contribution >= 4 is 62.6 Å². The van der Waals surface area contributed by atoms with Crippen molar-refractivity contribution < 1.29 is 43.2 Å². The molecule has 4 bridgehead atoms. The molecule has 0 aliphatic carbocycles. The molecular weight excluding hydrogens is 716 g/mol. The lowest BCUT2D eigenvalue weighted by molar-refractivity contribution is -0.187. The summed E-state index contributed by atoms with van der Waals surface area (Å²) in [5, 5.41) is 12.2. The van der Waals surface area contributed by atoms with Gasteiger partial charge in [0.05, 0.1) is 29.7 Å². The van der Waals surface area contributed by atoms with E-state index in [1.54, 1.807) is 55.6 Å². The Labute approximate surface area is 314 Å². The molecule has 2 amide bonds. The topological polar surface area (TPSA) is 135 Å². The first-order chi connectivity index (χ1) is 23.9. The summed E-state index contributed by atoms with van der Waals surface area (Å²) in [6.45, 7) is 9.03. The normalized spacial score (nSPS) is 32.2. The smallest absolute Gasteiger partial charge is 0.328 e. The van der Waals surface area contributed by atoms with Gasteiger partial charge in [-0.2, -0.15) is 0 Å². The number of hydrogen-bond acceptors (Lipinski definition) is 11. The summed E-state index contributed by atoms with van der Waals surface area (Å²) in [4.78, 5) is 56.3. The summed E-state index contributed by atoms with van der Waals surface area (Å²) in [6.07, 6.45) is 4.54. The van der Waals surface area contributed by atoms with E-state index in [0.29, 0.717) is 22.9 Å². The summed E-state index contributed by atoms with van der Waals surface area (Å²) in [5.41, 5.74) is 0.528. The number of allylic oxidation sites excluding steroid dienone is 3. The van der Waals surface area contributed by atoms with Crippen molar-refractivity contribution in [3.8, 4) is 0 Å². The number of benzene rings is 1. The van der Waals surface area contributed by atoms with Gasteiger partial charge in [-0.1, -0.05) is 70.0 Å². The van der Waals surface area contributed by atoms with Crippen LogP contribution in [-0.4, -0.2) is 109 Å². The van der Waals surface area contributed by atoms with Crippen molar-refractivity contribution in [1.29, 1.82) is 0 Å². The fourth-order valence-electron chi connectivity index (χ4n) is 6.90. The second-order valence-corrected chi connectivity index (χ2v) is 17.1. The number of halogens is 1. The first-order valence-corrected chi connectivity index (χ1v) is 20.2. The molecule has 282 valence electrons. The predicted octanol–water partition coefficient (Wildman–Crippen LogP) is 5.47. The minimum Gasteiger partial charge on any atom is -0.462 e. The van der Waals surface area contributed by atoms with E-state index in [9.17, 15) is 24.3 Å². The number of fused-ring (bicyclic) bond motifs is 5. The van der Waals surface area contributed by atoms with Gasteiger partial charge in [-0.05, 0) is 57.6 Å². The van der Waals surface area contributed by atoms with Crippen molar-refractivity contribution in [2.24, 2.45) is 5.92 Å². The molecule has 0 saturated carbocycles. The first kappa shape index (κ1) is 41.2. The fourth-order valence-corrected chi connectivity index (χ4v) is 8.31. The van der Waals surface area contributed by atoms with Crippen LogP contribution in [0.4, 0.5) is 5.69 Å². The summed E-state index contributed by atoms with van der Waals surface area (Å²) in [7, 11) is 7.78. The van der Waals surface area contributed by atoms with Crippen molar-refractivity contribution in [3.05, 3.63) is 52.1 Å². The van der Waals surface area contributed by atoms with Gasteiger partial charge < -0.3 is 33.9 Å². The summed E-state index contributed by atoms with van der Waals surface area (Å²) >= 11 is 6.77. The molecule has 2 saturated heterocycles. The van der Waals surface area contributed by atoms with E-state index in [-0.39, 0.29) is 37.5 Å². The Hall–Kier alpha value is -2.55. The number of amides is 2. The number of nitrogens with zero attached hydrogens (tertiary/aromatic N) is 2. The molecule has 14 heteroatoms. The first-order valence-electron chi connectivity index (χ1n) is 17.1. The average molecular weight is 767 g/mol. The van der Waals surface area contributed by atoms with Crippen LogP contribution in [0.3, 0.4) is 0 Å². The van der Waals surface area contributed by atoms with E-state index in [0.717, 1.165) is 16.7 Å². The molecule has 2 fully saturated rings. The lowest BCUT2D eigenvalue weighted by Gasteiger charge is -2.41. The molecule has 0 spiro atoms. The van der Waals surface area contributed by atoms with Gasteiger partial charge in [-0.15, -0.1) is 0 Å². The summed E-state index contributed by atoms with van der Waals surface area (Å²) in [6, 6.07) is 2.91. The van der Waals surface area contributed by atoms with Crippen molar-refractivity contribution in [2.75, 3.05) is 38.1 Å². The molecule has 1 aromatic carbocycles. The number of methoxy groups -OCH3 is 1. The molecule has 8 atom stereocenters. The standard InChI is InChI=1S/C37H51ClN2O9S2/c1-21-11-10-12-28(46-8)37(45)19-27(47-32(43)20-37)23(3)34-36(5,49-34)29(48-35(44)24(4)39(6)30(41)13-14-51-50-9)18-31(42)40(7)26-17-25(15-21)16-22(2)33(26)38/h10-12,16-17,23-24,27-29,34,45H,13-15,18-20H2,1-9H3/b12-10+,21-11+/t23-,24+,27+,28-,29+,34+,36+,37-/m1/s1. The lowest BCUT2D eigenvalue weighted by atomic mass is 9.78. The van der Waals surface area contributed by atoms with Crippen LogP contribution < -0.4 is 4.90 Å². The Morgan fingerprint density at radius 1 is 1.25 bits per heavy atom. The average Bonchev–Trinajstić information content (AvgIpc) is 3.77. The molecule has 11 nitrogen and oxygen atoms in total. The number of aliphatic hydroxyl groups is 1. The number of epoxide rings is 1. The van der Waals surface area contributed by atoms with Crippen LogP contribution in [0.1, 0.15) is 64.5 Å².